The number of carboxylic acid groups (broad SMARTS) is 1. The first-order valence-electron chi connectivity index (χ1n) is 20.4. The summed E-state index contributed by atoms with van der Waals surface area (Å²) in [6.45, 7) is 0.757. The van der Waals surface area contributed by atoms with Gasteiger partial charge in [0.25, 0.3) is 11.8 Å². The van der Waals surface area contributed by atoms with Crippen LogP contribution in [0, 0.1) is 0 Å². The van der Waals surface area contributed by atoms with Crippen molar-refractivity contribution in [2.75, 3.05) is 37.2 Å². The first kappa shape index (κ1) is 39.3. The van der Waals surface area contributed by atoms with Crippen LogP contribution in [0.3, 0.4) is 0 Å². The van der Waals surface area contributed by atoms with E-state index >= 15 is 0 Å². The van der Waals surface area contributed by atoms with Gasteiger partial charge in [0.05, 0.1) is 62.0 Å². The summed E-state index contributed by atoms with van der Waals surface area (Å²) < 4.78 is 30.2. The number of rotatable bonds is 15. The Kier molecular flexibility index (Phi) is 10.9. The molecule has 0 saturated heterocycles. The van der Waals surface area contributed by atoms with E-state index in [4.69, 9.17) is 38.8 Å². The number of carbonyl (C=O) groups excluding carboxylic acids is 2. The van der Waals surface area contributed by atoms with E-state index in [9.17, 15) is 14.4 Å². The first-order chi connectivity index (χ1) is 29.8. The minimum absolute atomic E-state index is 0.0719. The molecule has 310 valence electrons. The van der Waals surface area contributed by atoms with E-state index in [1.807, 2.05) is 79.2 Å². The van der Waals surface area contributed by atoms with Gasteiger partial charge in [-0.3, -0.25) is 34.2 Å². The van der Waals surface area contributed by atoms with Gasteiger partial charge in [0.1, 0.15) is 12.4 Å². The molecule has 0 radical (unpaired) electrons. The van der Waals surface area contributed by atoms with Gasteiger partial charge in [-0.2, -0.15) is 0 Å². The zero-order valence-corrected chi connectivity index (χ0v) is 33.8. The van der Waals surface area contributed by atoms with E-state index in [1.165, 1.54) is 7.11 Å². The molecule has 4 aliphatic heterocycles. The molecule has 4 aliphatic rings. The Morgan fingerprint density at radius 2 is 1.21 bits per heavy atom. The predicted molar refractivity (Wildman–Crippen MR) is 231 cm³/mol. The fourth-order valence-corrected chi connectivity index (χ4v) is 8.43. The van der Waals surface area contributed by atoms with Gasteiger partial charge in [0.2, 0.25) is 0 Å². The average Bonchev–Trinajstić information content (AvgIpc) is 3.76. The number of amides is 2. The molecule has 2 atom stereocenters. The summed E-state index contributed by atoms with van der Waals surface area (Å²) >= 11 is 0. The molecule has 0 fully saturated rings. The number of hydrogen-bond acceptors (Lipinski definition) is 10. The Bertz CT molecular complexity index is 2600. The number of aliphatic carboxylic acids is 1. The quantitative estimate of drug-likeness (QED) is 0.103. The van der Waals surface area contributed by atoms with Crippen molar-refractivity contribution in [3.8, 4) is 28.7 Å². The monoisotopic (exact) mass is 820 g/mol. The summed E-state index contributed by atoms with van der Waals surface area (Å²) in [6, 6.07) is 28.2. The maximum Gasteiger partial charge on any atom is 0.303 e. The van der Waals surface area contributed by atoms with Crippen LogP contribution in [-0.2, 0) is 30.7 Å². The lowest BCUT2D eigenvalue weighted by Crippen LogP contribution is -2.37. The molecule has 5 aromatic carbocycles. The fraction of sp³-hybridized carbons (Fsp3) is 0.271. The van der Waals surface area contributed by atoms with Gasteiger partial charge in [-0.15, -0.1) is 0 Å². The number of ether oxygens (including phenoxy) is 5. The number of carboxylic acids is 1. The topological polar surface area (TPSA) is 149 Å². The molecule has 0 aliphatic carbocycles. The molecule has 61 heavy (non-hydrogen) atoms. The van der Waals surface area contributed by atoms with E-state index in [1.54, 1.807) is 41.2 Å². The molecular weight excluding hydrogens is 777 g/mol. The molecule has 5 aromatic rings. The van der Waals surface area contributed by atoms with Gasteiger partial charge in [-0.25, -0.2) is 0 Å². The van der Waals surface area contributed by atoms with Crippen LogP contribution in [0.2, 0.25) is 0 Å². The molecule has 13 nitrogen and oxygen atoms in total. The van der Waals surface area contributed by atoms with Crippen LogP contribution in [-0.4, -0.2) is 74.8 Å². The van der Waals surface area contributed by atoms with Gasteiger partial charge in [0.15, 0.2) is 23.0 Å². The highest BCUT2D eigenvalue weighted by Crippen LogP contribution is 2.43. The van der Waals surface area contributed by atoms with Crippen molar-refractivity contribution in [1.29, 1.82) is 0 Å². The number of nitrogens with zero attached hydrogens (tertiary/aromatic N) is 4. The smallest absolute Gasteiger partial charge is 0.303 e. The number of aliphatic imine (C=N–C) groups is 2. The molecule has 1 N–H and O–H groups in total. The van der Waals surface area contributed by atoms with Crippen LogP contribution >= 0.6 is 0 Å². The second-order valence-electron chi connectivity index (χ2n) is 15.3. The van der Waals surface area contributed by atoms with Gasteiger partial charge in [-0.1, -0.05) is 42.5 Å². The summed E-state index contributed by atoms with van der Waals surface area (Å²) in [4.78, 5) is 51.9. The van der Waals surface area contributed by atoms with Crippen molar-refractivity contribution in [3.63, 3.8) is 0 Å². The highest BCUT2D eigenvalue weighted by molar-refractivity contribution is 6.15. The lowest BCUT2D eigenvalue weighted by Gasteiger charge is -2.22. The number of para-hydroxylation sites is 2. The SMILES string of the molecule is COc1cc2c(cc1OCCc1cc(COc3cc4c(cc3OC)C(=O)N3c5ccccc5C[C@H]3C=N4)cc(OCCCCC(=O)O)c1)N=C[C@@H]1Cc3ccccc3N1C2=O. The van der Waals surface area contributed by atoms with Crippen LogP contribution < -0.4 is 33.5 Å². The Balaban J connectivity index is 0.922. The molecule has 0 aromatic heterocycles. The van der Waals surface area contributed by atoms with Crippen molar-refractivity contribution in [1.82, 2.24) is 0 Å². The van der Waals surface area contributed by atoms with Crippen molar-refractivity contribution in [2.45, 2.75) is 57.2 Å². The van der Waals surface area contributed by atoms with Crippen molar-refractivity contribution in [2.24, 2.45) is 9.98 Å². The Morgan fingerprint density at radius 3 is 1.79 bits per heavy atom. The molecule has 2 amide bonds. The third-order valence-electron chi connectivity index (χ3n) is 11.4. The lowest BCUT2D eigenvalue weighted by atomic mass is 10.1. The predicted octanol–water partition coefficient (Wildman–Crippen LogP) is 8.11. The Morgan fingerprint density at radius 1 is 0.656 bits per heavy atom. The van der Waals surface area contributed by atoms with Gasteiger partial charge in [0, 0.05) is 61.6 Å². The van der Waals surface area contributed by atoms with Gasteiger partial charge >= 0.3 is 5.97 Å². The summed E-state index contributed by atoms with van der Waals surface area (Å²) in [5, 5.41) is 9.07. The van der Waals surface area contributed by atoms with E-state index in [2.05, 4.69) is 0 Å². The Hall–Kier alpha value is -7.15. The summed E-state index contributed by atoms with van der Waals surface area (Å²) in [6.07, 6.45) is 6.67. The first-order valence-corrected chi connectivity index (χ1v) is 20.4. The standard InChI is InChI=1S/C48H44N4O9/c1-57-42-22-36-38(49-26-33-20-31-9-3-5-11-40(31)51(33)47(36)55)24-44(42)60-16-14-29-17-30(19-35(18-29)59-15-8-7-13-46(53)54)28-61-45-25-39-37(23-43(45)58-2)48(56)52-34(27-50-39)21-32-10-4-6-12-41(32)52/h3-6,9-12,17-19,22-27,33-34H,7-8,13-16,20-21,28H2,1-2H3,(H,53,54)/t33-,34-/m0/s1. The van der Waals surface area contributed by atoms with Crippen LogP contribution in [0.5, 0.6) is 28.7 Å². The maximum atomic E-state index is 13.9. The number of fused-ring (bicyclic) bond motifs is 8. The van der Waals surface area contributed by atoms with Crippen molar-refractivity contribution >= 4 is 53.0 Å². The second-order valence-corrected chi connectivity index (χ2v) is 15.3. The number of methoxy groups -OCH3 is 2. The molecular formula is C48H44N4O9. The molecule has 9 rings (SSSR count). The molecule has 0 saturated carbocycles. The normalized spacial score (nSPS) is 16.7. The molecule has 0 bridgehead atoms. The summed E-state index contributed by atoms with van der Waals surface area (Å²) in [7, 11) is 3.08. The maximum absolute atomic E-state index is 13.9. The highest BCUT2D eigenvalue weighted by atomic mass is 16.5. The van der Waals surface area contributed by atoms with Crippen LogP contribution in [0.1, 0.15) is 62.2 Å². The van der Waals surface area contributed by atoms with Crippen molar-refractivity contribution < 1.29 is 43.2 Å². The van der Waals surface area contributed by atoms with Crippen LogP contribution in [0.4, 0.5) is 22.7 Å². The number of unbranched alkanes of at least 4 members (excludes halogenated alkanes) is 1. The Labute approximate surface area is 352 Å². The molecule has 0 spiro atoms. The summed E-state index contributed by atoms with van der Waals surface area (Å²) in [5.74, 6) is 1.19. The zero-order valence-electron chi connectivity index (χ0n) is 33.8. The molecule has 13 heteroatoms. The van der Waals surface area contributed by atoms with Gasteiger partial charge in [-0.05, 0) is 71.5 Å². The average molecular weight is 821 g/mol. The van der Waals surface area contributed by atoms with E-state index in [0.29, 0.717) is 90.0 Å². The van der Waals surface area contributed by atoms with E-state index in [-0.39, 0.29) is 43.5 Å². The van der Waals surface area contributed by atoms with E-state index < -0.39 is 5.97 Å². The number of benzene rings is 5. The minimum Gasteiger partial charge on any atom is -0.494 e. The number of anilines is 2. The van der Waals surface area contributed by atoms with Crippen molar-refractivity contribution in [3.05, 3.63) is 124 Å². The number of hydrogen-bond donors (Lipinski definition) is 1. The highest BCUT2D eigenvalue weighted by Gasteiger charge is 2.38. The van der Waals surface area contributed by atoms with Crippen LogP contribution in [0.15, 0.2) is 101 Å². The summed E-state index contributed by atoms with van der Waals surface area (Å²) in [5.41, 5.74) is 7.59. The zero-order chi connectivity index (χ0) is 42.0. The molecule has 4 heterocycles. The largest absolute Gasteiger partial charge is 0.494 e. The van der Waals surface area contributed by atoms with Gasteiger partial charge < -0.3 is 28.8 Å². The molecule has 0 unspecified atom stereocenters. The lowest BCUT2D eigenvalue weighted by molar-refractivity contribution is -0.137. The van der Waals surface area contributed by atoms with Crippen LogP contribution in [0.25, 0.3) is 0 Å². The second kappa shape index (κ2) is 16.8. The van der Waals surface area contributed by atoms with E-state index in [0.717, 1.165) is 33.6 Å². The third-order valence-corrected chi connectivity index (χ3v) is 11.4. The third kappa shape index (κ3) is 7.86. The fourth-order valence-electron chi connectivity index (χ4n) is 8.43. The number of carbonyl (C=O) groups is 3. The minimum atomic E-state index is -0.842.